The summed E-state index contributed by atoms with van der Waals surface area (Å²) in [7, 11) is 0. The minimum absolute atomic E-state index is 0.393. The molecule has 0 aliphatic carbocycles. The zero-order valence-corrected chi connectivity index (χ0v) is 16.0. The average molecular weight is 295 g/mol. The van der Waals surface area contributed by atoms with Crippen molar-refractivity contribution in [3.63, 3.8) is 0 Å². The fourth-order valence-electron chi connectivity index (χ4n) is 4.35. The van der Waals surface area contributed by atoms with E-state index in [0.717, 1.165) is 23.7 Å². The largest absolute Gasteiger partial charge is 0.103 e. The van der Waals surface area contributed by atoms with Gasteiger partial charge in [-0.25, -0.2) is 0 Å². The number of hydrogen-bond acceptors (Lipinski definition) is 0. The molecule has 126 valence electrons. The molecule has 0 aromatic rings. The van der Waals surface area contributed by atoms with Gasteiger partial charge in [0.05, 0.1) is 0 Å². The van der Waals surface area contributed by atoms with Crippen LogP contribution in [0.2, 0.25) is 0 Å². The molecule has 0 saturated heterocycles. The van der Waals surface area contributed by atoms with Gasteiger partial charge in [-0.1, -0.05) is 80.2 Å². The third-order valence-electron chi connectivity index (χ3n) is 6.36. The van der Waals surface area contributed by atoms with Crippen LogP contribution in [0.5, 0.6) is 0 Å². The fraction of sp³-hybridized carbons (Fsp3) is 0.905. The molecule has 0 aromatic carbocycles. The van der Waals surface area contributed by atoms with E-state index in [9.17, 15) is 0 Å². The molecule has 0 fully saturated rings. The van der Waals surface area contributed by atoms with E-state index < -0.39 is 0 Å². The van der Waals surface area contributed by atoms with Crippen molar-refractivity contribution in [3.05, 3.63) is 12.7 Å². The maximum Gasteiger partial charge on any atom is -0.0126 e. The van der Waals surface area contributed by atoms with Gasteiger partial charge in [0.15, 0.2) is 0 Å². The van der Waals surface area contributed by atoms with Crippen LogP contribution >= 0.6 is 0 Å². The summed E-state index contributed by atoms with van der Waals surface area (Å²) in [4.78, 5) is 0. The lowest BCUT2D eigenvalue weighted by Gasteiger charge is -2.34. The first-order valence-electron chi connectivity index (χ1n) is 9.54. The Balaban J connectivity index is 4.54. The van der Waals surface area contributed by atoms with Crippen LogP contribution < -0.4 is 0 Å². The summed E-state index contributed by atoms with van der Waals surface area (Å²) in [6.07, 6.45) is 11.5. The highest BCUT2D eigenvalue weighted by atomic mass is 14.3. The zero-order chi connectivity index (χ0) is 16.5. The van der Waals surface area contributed by atoms with Crippen molar-refractivity contribution in [1.82, 2.24) is 0 Å². The lowest BCUT2D eigenvalue weighted by molar-refractivity contribution is 0.168. The van der Waals surface area contributed by atoms with Gasteiger partial charge in [-0.15, -0.1) is 6.58 Å². The van der Waals surface area contributed by atoms with Crippen LogP contribution in [0, 0.1) is 29.1 Å². The van der Waals surface area contributed by atoms with Crippen molar-refractivity contribution in [2.45, 2.75) is 93.4 Å². The van der Waals surface area contributed by atoms with Crippen molar-refractivity contribution in [2.75, 3.05) is 0 Å². The third kappa shape index (κ3) is 6.17. The van der Waals surface area contributed by atoms with Crippen LogP contribution in [0.4, 0.5) is 0 Å². The van der Waals surface area contributed by atoms with E-state index >= 15 is 0 Å². The molecule has 0 saturated carbocycles. The molecular formula is C21H42. The molecule has 0 heteroatoms. The molecule has 0 amide bonds. The van der Waals surface area contributed by atoms with Crippen molar-refractivity contribution < 1.29 is 0 Å². The standard InChI is InChI=1S/C21H42/c1-9-19(18(8)20(10-2)17(6)7)15-14-16-21(11-3,12-4)13-5/h11,17-20H,3,9-10,12-16H2,1-2,4-8H3. The number of rotatable bonds is 12. The Morgan fingerprint density at radius 1 is 0.952 bits per heavy atom. The van der Waals surface area contributed by atoms with Gasteiger partial charge in [0, 0.05) is 0 Å². The summed E-state index contributed by atoms with van der Waals surface area (Å²) in [6.45, 7) is 20.8. The van der Waals surface area contributed by atoms with Gasteiger partial charge in [-0.05, 0) is 48.3 Å². The van der Waals surface area contributed by atoms with E-state index in [2.05, 4.69) is 61.1 Å². The Bertz CT molecular complexity index is 259. The lowest BCUT2D eigenvalue weighted by atomic mass is 9.72. The number of hydrogen-bond donors (Lipinski definition) is 0. The topological polar surface area (TPSA) is 0 Å². The van der Waals surface area contributed by atoms with Gasteiger partial charge >= 0.3 is 0 Å². The summed E-state index contributed by atoms with van der Waals surface area (Å²) >= 11 is 0. The smallest absolute Gasteiger partial charge is 0.0126 e. The molecule has 0 bridgehead atoms. The van der Waals surface area contributed by atoms with E-state index in [-0.39, 0.29) is 0 Å². The molecule has 0 heterocycles. The highest BCUT2D eigenvalue weighted by molar-refractivity contribution is 4.93. The first-order chi connectivity index (χ1) is 9.91. The summed E-state index contributed by atoms with van der Waals surface area (Å²) in [5, 5.41) is 0. The van der Waals surface area contributed by atoms with Gasteiger partial charge < -0.3 is 0 Å². The first kappa shape index (κ1) is 20.7. The summed E-state index contributed by atoms with van der Waals surface area (Å²) in [6, 6.07) is 0. The van der Waals surface area contributed by atoms with Crippen molar-refractivity contribution >= 4 is 0 Å². The molecule has 0 spiro atoms. The third-order valence-corrected chi connectivity index (χ3v) is 6.36. The maximum absolute atomic E-state index is 4.09. The molecule has 3 atom stereocenters. The van der Waals surface area contributed by atoms with Gasteiger partial charge in [0.1, 0.15) is 0 Å². The average Bonchev–Trinajstić information content (AvgIpc) is 2.48. The van der Waals surface area contributed by atoms with E-state index in [1.165, 1.54) is 44.9 Å². The Morgan fingerprint density at radius 3 is 1.86 bits per heavy atom. The van der Waals surface area contributed by atoms with Crippen LogP contribution in [0.25, 0.3) is 0 Å². The Hall–Kier alpha value is -0.260. The van der Waals surface area contributed by atoms with Crippen molar-refractivity contribution in [2.24, 2.45) is 29.1 Å². The predicted octanol–water partition coefficient (Wildman–Crippen LogP) is 7.49. The second-order valence-electron chi connectivity index (χ2n) is 7.51. The first-order valence-corrected chi connectivity index (χ1v) is 9.54. The second-order valence-corrected chi connectivity index (χ2v) is 7.51. The monoisotopic (exact) mass is 294 g/mol. The molecule has 0 aliphatic rings. The van der Waals surface area contributed by atoms with Crippen LogP contribution in [0.3, 0.4) is 0 Å². The van der Waals surface area contributed by atoms with Gasteiger partial charge in [-0.3, -0.25) is 0 Å². The van der Waals surface area contributed by atoms with Crippen LogP contribution in [-0.4, -0.2) is 0 Å². The van der Waals surface area contributed by atoms with E-state index in [0.29, 0.717) is 5.41 Å². The lowest BCUT2D eigenvalue weighted by Crippen LogP contribution is -2.25. The van der Waals surface area contributed by atoms with E-state index in [1.54, 1.807) is 0 Å². The second kappa shape index (κ2) is 10.5. The van der Waals surface area contributed by atoms with Gasteiger partial charge in [0.25, 0.3) is 0 Å². The van der Waals surface area contributed by atoms with E-state index in [4.69, 9.17) is 0 Å². The molecule has 0 nitrogen and oxygen atoms in total. The Labute approximate surface area is 135 Å². The zero-order valence-electron chi connectivity index (χ0n) is 16.0. The molecule has 0 aliphatic heterocycles. The van der Waals surface area contributed by atoms with Gasteiger partial charge in [0.2, 0.25) is 0 Å². The fourth-order valence-corrected chi connectivity index (χ4v) is 4.35. The van der Waals surface area contributed by atoms with Crippen LogP contribution in [0.1, 0.15) is 93.4 Å². The van der Waals surface area contributed by atoms with Gasteiger partial charge in [-0.2, -0.15) is 0 Å². The summed E-state index contributed by atoms with van der Waals surface area (Å²) in [5.74, 6) is 3.46. The highest BCUT2D eigenvalue weighted by Gasteiger charge is 2.27. The normalized spacial score (nSPS) is 16.8. The number of allylic oxidation sites excluding steroid dienone is 1. The molecule has 0 N–H and O–H groups in total. The Morgan fingerprint density at radius 2 is 1.52 bits per heavy atom. The molecule has 0 aromatic heterocycles. The summed E-state index contributed by atoms with van der Waals surface area (Å²) in [5.41, 5.74) is 0.393. The van der Waals surface area contributed by atoms with Crippen molar-refractivity contribution in [3.8, 4) is 0 Å². The minimum atomic E-state index is 0.393. The minimum Gasteiger partial charge on any atom is -0.103 e. The van der Waals surface area contributed by atoms with Crippen LogP contribution in [0.15, 0.2) is 12.7 Å². The molecular weight excluding hydrogens is 252 g/mol. The predicted molar refractivity (Wildman–Crippen MR) is 98.6 cm³/mol. The molecule has 0 rings (SSSR count). The SMILES string of the molecule is C=CC(CC)(CC)CCCC(CC)C(C)C(CC)C(C)C. The molecule has 0 radical (unpaired) electrons. The summed E-state index contributed by atoms with van der Waals surface area (Å²) < 4.78 is 0. The molecule has 21 heavy (non-hydrogen) atoms. The van der Waals surface area contributed by atoms with Crippen LogP contribution in [-0.2, 0) is 0 Å². The molecule has 3 unspecified atom stereocenters. The van der Waals surface area contributed by atoms with Crippen molar-refractivity contribution in [1.29, 1.82) is 0 Å². The highest BCUT2D eigenvalue weighted by Crippen LogP contribution is 2.38. The van der Waals surface area contributed by atoms with E-state index in [1.807, 2.05) is 0 Å². The Kier molecular flexibility index (Phi) is 10.3. The maximum atomic E-state index is 4.09. The quantitative estimate of drug-likeness (QED) is 0.327.